The molecule has 0 aliphatic carbocycles. The number of nitrogens with zero attached hydrogens (tertiary/aromatic N) is 1. The highest BCUT2D eigenvalue weighted by Gasteiger charge is 2.59. The summed E-state index contributed by atoms with van der Waals surface area (Å²) in [6.45, 7) is 6.90. The van der Waals surface area contributed by atoms with Crippen LogP contribution in [-0.2, 0) is 16.6 Å². The zero-order chi connectivity index (χ0) is 18.8. The second-order valence-corrected chi connectivity index (χ2v) is 8.38. The van der Waals surface area contributed by atoms with Crippen LogP contribution in [0.15, 0.2) is 48.5 Å². The lowest BCUT2D eigenvalue weighted by molar-refractivity contribution is -0.118. The fourth-order valence-corrected chi connectivity index (χ4v) is 4.90. The number of fused-ring (bicyclic) bond motifs is 4. The largest absolute Gasteiger partial charge is 0.490 e. The van der Waals surface area contributed by atoms with Crippen molar-refractivity contribution in [3.8, 4) is 5.75 Å². The molecule has 5 rings (SSSR count). The molecule has 4 nitrogen and oxygen atoms in total. The Labute approximate surface area is 159 Å². The predicted molar refractivity (Wildman–Crippen MR) is 107 cm³/mol. The number of carbonyl (C=O) groups is 1. The van der Waals surface area contributed by atoms with Gasteiger partial charge >= 0.3 is 0 Å². The summed E-state index contributed by atoms with van der Waals surface area (Å²) < 4.78 is 5.81. The van der Waals surface area contributed by atoms with Crippen molar-refractivity contribution < 1.29 is 9.53 Å². The maximum atomic E-state index is 12.4. The molecule has 2 atom stereocenters. The van der Waals surface area contributed by atoms with E-state index in [0.29, 0.717) is 6.54 Å². The normalized spacial score (nSPS) is 27.3. The van der Waals surface area contributed by atoms with Crippen molar-refractivity contribution in [2.45, 2.75) is 44.4 Å². The Hall–Kier alpha value is -2.75. The molecule has 138 valence electrons. The molecule has 3 aliphatic rings. The summed E-state index contributed by atoms with van der Waals surface area (Å²) in [5.74, 6) is 1.06. The Kier molecular flexibility index (Phi) is 3.27. The van der Waals surface area contributed by atoms with Crippen molar-refractivity contribution in [3.63, 3.8) is 0 Å². The quantitative estimate of drug-likeness (QED) is 0.889. The zero-order valence-electron chi connectivity index (χ0n) is 16.0. The number of hydrogen-bond donors (Lipinski definition) is 1. The Balaban J connectivity index is 1.57. The molecule has 0 bridgehead atoms. The number of benzene rings is 2. The van der Waals surface area contributed by atoms with Crippen molar-refractivity contribution in [1.29, 1.82) is 0 Å². The highest BCUT2D eigenvalue weighted by atomic mass is 16.5. The van der Waals surface area contributed by atoms with Crippen LogP contribution in [0.2, 0.25) is 0 Å². The third-order valence-corrected chi connectivity index (χ3v) is 6.32. The molecular weight excluding hydrogens is 336 g/mol. The maximum Gasteiger partial charge on any atom is 0.241 e. The number of anilines is 1. The van der Waals surface area contributed by atoms with Crippen molar-refractivity contribution in [3.05, 3.63) is 65.2 Å². The Bertz CT molecular complexity index is 978. The van der Waals surface area contributed by atoms with E-state index in [-0.39, 0.29) is 17.4 Å². The smallest absolute Gasteiger partial charge is 0.241 e. The van der Waals surface area contributed by atoms with Crippen LogP contribution < -0.4 is 15.0 Å². The molecular formula is C23H24N2O2. The Morgan fingerprint density at radius 2 is 2.04 bits per heavy atom. The first kappa shape index (κ1) is 16.4. The van der Waals surface area contributed by atoms with Crippen molar-refractivity contribution in [2.75, 3.05) is 11.4 Å². The van der Waals surface area contributed by atoms with Gasteiger partial charge in [0.1, 0.15) is 17.5 Å². The van der Waals surface area contributed by atoms with Crippen LogP contribution in [-0.4, -0.2) is 24.2 Å². The number of carbonyl (C=O) groups excluding carboxylic acids is 1. The first-order valence-corrected chi connectivity index (χ1v) is 9.58. The number of hydrogen-bond acceptors (Lipinski definition) is 3. The number of para-hydroxylation sites is 1. The van der Waals surface area contributed by atoms with Crippen LogP contribution in [0.25, 0.3) is 6.08 Å². The fourth-order valence-electron chi connectivity index (χ4n) is 4.90. The van der Waals surface area contributed by atoms with Crippen LogP contribution in [0, 0.1) is 0 Å². The molecule has 27 heavy (non-hydrogen) atoms. The number of ether oxygens (including phenoxy) is 1. The summed E-state index contributed by atoms with van der Waals surface area (Å²) in [6, 6.07) is 14.7. The minimum absolute atomic E-state index is 0.0680. The zero-order valence-corrected chi connectivity index (χ0v) is 16.0. The van der Waals surface area contributed by atoms with Gasteiger partial charge in [-0.25, -0.2) is 0 Å². The van der Waals surface area contributed by atoms with Crippen molar-refractivity contribution >= 4 is 17.7 Å². The summed E-state index contributed by atoms with van der Waals surface area (Å²) >= 11 is 0. The van der Waals surface area contributed by atoms with Crippen LogP contribution in [0.3, 0.4) is 0 Å². The standard InChI is InChI=1S/C23H24N2O2/c1-15-12-17-13-16(8-9-20(17)27-15)10-11-23-22(2,3)18-6-4-5-7-19(18)25(23)14-21(26)24-23/h4-11,13,15H,12,14H2,1-3H3,(H,24,26)/b11-10+/t15-,23-/m1/s1. The molecule has 0 spiro atoms. The SMILES string of the molecule is C[C@@H]1Cc2cc(/C=C/[C@@]34NC(=O)CN3c3ccccc3C4(C)C)ccc2O1. The summed E-state index contributed by atoms with van der Waals surface area (Å²) in [4.78, 5) is 14.6. The summed E-state index contributed by atoms with van der Waals surface area (Å²) in [5.41, 5.74) is 4.02. The molecule has 1 N–H and O–H groups in total. The molecule has 2 aromatic carbocycles. The topological polar surface area (TPSA) is 41.6 Å². The molecule has 3 aliphatic heterocycles. The second kappa shape index (κ2) is 5.38. The van der Waals surface area contributed by atoms with E-state index in [1.54, 1.807) is 0 Å². The minimum atomic E-state index is -0.545. The van der Waals surface area contributed by atoms with Crippen molar-refractivity contribution in [2.24, 2.45) is 0 Å². The first-order valence-electron chi connectivity index (χ1n) is 9.58. The van der Waals surface area contributed by atoms with Gasteiger partial charge in [0.05, 0.1) is 6.54 Å². The lowest BCUT2D eigenvalue weighted by Crippen LogP contribution is -2.58. The van der Waals surface area contributed by atoms with Gasteiger partial charge < -0.3 is 15.0 Å². The molecule has 2 aromatic rings. The highest BCUT2D eigenvalue weighted by Crippen LogP contribution is 2.52. The van der Waals surface area contributed by atoms with Gasteiger partial charge in [0.25, 0.3) is 0 Å². The highest BCUT2D eigenvalue weighted by molar-refractivity contribution is 5.91. The fraction of sp³-hybridized carbons (Fsp3) is 0.348. The third-order valence-electron chi connectivity index (χ3n) is 6.32. The van der Waals surface area contributed by atoms with E-state index in [0.717, 1.165) is 23.4 Å². The lowest BCUT2D eigenvalue weighted by Gasteiger charge is -2.40. The van der Waals surface area contributed by atoms with E-state index in [2.05, 4.69) is 79.5 Å². The average molecular weight is 360 g/mol. The Morgan fingerprint density at radius 1 is 1.22 bits per heavy atom. The Morgan fingerprint density at radius 3 is 2.89 bits per heavy atom. The monoisotopic (exact) mass is 360 g/mol. The summed E-state index contributed by atoms with van der Waals surface area (Å²) in [7, 11) is 0. The third kappa shape index (κ3) is 2.19. The van der Waals surface area contributed by atoms with Gasteiger partial charge in [0.15, 0.2) is 0 Å². The molecule has 0 saturated carbocycles. The number of nitrogens with one attached hydrogen (secondary N) is 1. The molecule has 0 radical (unpaired) electrons. The number of amides is 1. The molecule has 0 unspecified atom stereocenters. The molecule has 0 aromatic heterocycles. The van der Waals surface area contributed by atoms with Gasteiger partial charge in [-0.1, -0.05) is 44.2 Å². The van der Waals surface area contributed by atoms with E-state index in [9.17, 15) is 4.79 Å². The van der Waals surface area contributed by atoms with Gasteiger partial charge in [-0.05, 0) is 47.9 Å². The number of rotatable bonds is 2. The molecule has 1 fully saturated rings. The molecule has 3 heterocycles. The van der Waals surface area contributed by atoms with Crippen LogP contribution in [0.4, 0.5) is 5.69 Å². The second-order valence-electron chi connectivity index (χ2n) is 8.38. The van der Waals surface area contributed by atoms with Crippen molar-refractivity contribution in [1.82, 2.24) is 5.32 Å². The summed E-state index contributed by atoms with van der Waals surface area (Å²) in [5, 5.41) is 3.27. The predicted octanol–water partition coefficient (Wildman–Crippen LogP) is 3.65. The van der Waals surface area contributed by atoms with E-state index in [1.807, 2.05) is 6.07 Å². The average Bonchev–Trinajstić information content (AvgIpc) is 3.23. The van der Waals surface area contributed by atoms with E-state index < -0.39 is 5.66 Å². The molecule has 1 amide bonds. The molecule has 4 heteroatoms. The van der Waals surface area contributed by atoms with E-state index >= 15 is 0 Å². The first-order chi connectivity index (χ1) is 12.9. The van der Waals surface area contributed by atoms with Gasteiger partial charge in [0, 0.05) is 17.5 Å². The molecule has 1 saturated heterocycles. The summed E-state index contributed by atoms with van der Waals surface area (Å²) in [6.07, 6.45) is 5.49. The van der Waals surface area contributed by atoms with Crippen LogP contribution in [0.1, 0.15) is 37.5 Å². The van der Waals surface area contributed by atoms with Gasteiger partial charge in [0.2, 0.25) is 5.91 Å². The minimum Gasteiger partial charge on any atom is -0.490 e. The van der Waals surface area contributed by atoms with E-state index in [1.165, 1.54) is 11.1 Å². The van der Waals surface area contributed by atoms with Gasteiger partial charge in [-0.3, -0.25) is 4.79 Å². The lowest BCUT2D eigenvalue weighted by atomic mass is 9.75. The van der Waals surface area contributed by atoms with Gasteiger partial charge in [-0.15, -0.1) is 0 Å². The van der Waals surface area contributed by atoms with E-state index in [4.69, 9.17) is 4.74 Å². The van der Waals surface area contributed by atoms with Crippen LogP contribution in [0.5, 0.6) is 5.75 Å². The van der Waals surface area contributed by atoms with Gasteiger partial charge in [-0.2, -0.15) is 0 Å². The van der Waals surface area contributed by atoms with Crippen LogP contribution >= 0.6 is 0 Å². The maximum absolute atomic E-state index is 12.4.